The van der Waals surface area contributed by atoms with Gasteiger partial charge in [-0.25, -0.2) is 12.1 Å². The van der Waals surface area contributed by atoms with E-state index >= 15 is 0 Å². The maximum atomic E-state index is 9.88. The van der Waals surface area contributed by atoms with Crippen LogP contribution in [0.15, 0.2) is 133 Å². The molecule has 0 aromatic heterocycles. The van der Waals surface area contributed by atoms with E-state index in [1.54, 1.807) is 61.1 Å². The minimum atomic E-state index is 0. The van der Waals surface area contributed by atoms with Gasteiger partial charge in [0, 0.05) is 0 Å². The van der Waals surface area contributed by atoms with Crippen LogP contribution in [-0.2, 0) is 35.8 Å². The van der Waals surface area contributed by atoms with Crippen molar-refractivity contribution in [2.45, 2.75) is 0 Å². The molecule has 0 bridgehead atoms. The standard InChI is InChI=1S/C9H7.2C7H5O.C5H5.Zr/c1-2-5-9-7-3-6-8(9)4-1;2*8-6-7-4-2-1-3-5-7;1-2-4-5-3-1;/h1-7H;2*1-5H;1-5H;/q4*-1;+4. The Bertz CT molecular complexity index is 975. The molecule has 0 aliphatic rings. The zero-order valence-electron chi connectivity index (χ0n) is 17.0. The number of carbonyl (C=O) groups excluding carboxylic acids is 2. The molecule has 0 heterocycles. The third-order valence-corrected chi connectivity index (χ3v) is 3.89. The maximum Gasteiger partial charge on any atom is 4.00 e. The van der Waals surface area contributed by atoms with Gasteiger partial charge in [-0.05, 0) is 0 Å². The van der Waals surface area contributed by atoms with Crippen molar-refractivity contribution in [1.82, 2.24) is 0 Å². The molecule has 0 fully saturated rings. The summed E-state index contributed by atoms with van der Waals surface area (Å²) >= 11 is 0. The van der Waals surface area contributed by atoms with E-state index in [1.165, 1.54) is 10.8 Å². The molecule has 5 aromatic carbocycles. The number of rotatable bonds is 2. The fourth-order valence-electron chi connectivity index (χ4n) is 2.40. The van der Waals surface area contributed by atoms with Crippen molar-refractivity contribution in [2.75, 3.05) is 0 Å². The number of fused-ring (bicyclic) bond motifs is 1. The van der Waals surface area contributed by atoms with E-state index in [4.69, 9.17) is 0 Å². The minimum absolute atomic E-state index is 0. The molecule has 3 heteroatoms. The number of hydrogen-bond donors (Lipinski definition) is 0. The second-order valence-electron chi connectivity index (χ2n) is 6.05. The van der Waals surface area contributed by atoms with E-state index in [1.807, 2.05) is 42.5 Å². The molecule has 5 aromatic rings. The summed E-state index contributed by atoms with van der Waals surface area (Å²) in [4.78, 5) is 19.8. The van der Waals surface area contributed by atoms with E-state index in [9.17, 15) is 9.59 Å². The number of benzene rings is 3. The molecule has 150 valence electrons. The van der Waals surface area contributed by atoms with Crippen molar-refractivity contribution in [1.29, 1.82) is 0 Å². The third-order valence-electron chi connectivity index (χ3n) is 3.89. The maximum absolute atomic E-state index is 9.88. The van der Waals surface area contributed by atoms with E-state index < -0.39 is 0 Å². The Morgan fingerprint density at radius 2 is 1.00 bits per heavy atom. The average molecular weight is 482 g/mol. The van der Waals surface area contributed by atoms with Gasteiger partial charge in [-0.1, -0.05) is 18.2 Å². The first-order chi connectivity index (χ1) is 14.8. The predicted octanol–water partition coefficient (Wildman–Crippen LogP) is 6.25. The summed E-state index contributed by atoms with van der Waals surface area (Å²) < 4.78 is 0. The first-order valence-corrected chi connectivity index (χ1v) is 9.47. The molecule has 0 saturated heterocycles. The van der Waals surface area contributed by atoms with Crippen molar-refractivity contribution in [2.24, 2.45) is 0 Å². The van der Waals surface area contributed by atoms with Crippen molar-refractivity contribution in [3.63, 3.8) is 0 Å². The Hall–Kier alpha value is -3.16. The Morgan fingerprint density at radius 1 is 0.516 bits per heavy atom. The van der Waals surface area contributed by atoms with Crippen LogP contribution < -0.4 is 0 Å². The zero-order chi connectivity index (χ0) is 21.3. The molecule has 0 amide bonds. The van der Waals surface area contributed by atoms with Gasteiger partial charge in [0.05, 0.1) is 12.6 Å². The van der Waals surface area contributed by atoms with Gasteiger partial charge in [-0.15, -0.1) is 53.9 Å². The Balaban J connectivity index is 0.000000208. The minimum Gasteiger partial charge on any atom is -0.376 e. The fraction of sp³-hybridized carbons (Fsp3) is 0. The monoisotopic (exact) mass is 480 g/mol. The van der Waals surface area contributed by atoms with E-state index in [-0.39, 0.29) is 26.2 Å². The SMILES string of the molecule is O=[C-]c1ccccc1.O=[C-]c1ccccc1.[Zr+4].c1cc[cH-]c1.c1ccc2[cH-]ccc2c1. The van der Waals surface area contributed by atoms with Crippen LogP contribution in [0.2, 0.25) is 0 Å². The molecule has 5 rings (SSSR count). The van der Waals surface area contributed by atoms with E-state index in [0.29, 0.717) is 11.1 Å². The average Bonchev–Trinajstić information content (AvgIpc) is 3.56. The largest absolute Gasteiger partial charge is 4.00 e. The Morgan fingerprint density at radius 3 is 1.39 bits per heavy atom. The second-order valence-corrected chi connectivity index (χ2v) is 6.05. The summed E-state index contributed by atoms with van der Waals surface area (Å²) in [6.45, 7) is 0. The molecule has 0 aliphatic carbocycles. The molecule has 0 atom stereocenters. The van der Waals surface area contributed by atoms with Crippen LogP contribution in [0.3, 0.4) is 0 Å². The molecule has 31 heavy (non-hydrogen) atoms. The molecule has 0 aliphatic heterocycles. The summed E-state index contributed by atoms with van der Waals surface area (Å²) in [5, 5.41) is 2.66. The van der Waals surface area contributed by atoms with Crippen LogP contribution in [0, 0.1) is 0 Å². The fourth-order valence-corrected chi connectivity index (χ4v) is 2.40. The summed E-state index contributed by atoms with van der Waals surface area (Å²) in [6, 6.07) is 42.5. The Kier molecular flexibility index (Phi) is 13.9. The van der Waals surface area contributed by atoms with E-state index in [0.717, 1.165) is 0 Å². The van der Waals surface area contributed by atoms with Crippen LogP contribution in [0.1, 0.15) is 11.1 Å². The van der Waals surface area contributed by atoms with Gasteiger partial charge in [-0.2, -0.15) is 71.1 Å². The topological polar surface area (TPSA) is 34.1 Å². The van der Waals surface area contributed by atoms with Gasteiger partial charge < -0.3 is 9.59 Å². The van der Waals surface area contributed by atoms with Crippen LogP contribution in [0.25, 0.3) is 10.8 Å². The van der Waals surface area contributed by atoms with Gasteiger partial charge in [0.2, 0.25) is 0 Å². The van der Waals surface area contributed by atoms with Gasteiger partial charge >= 0.3 is 26.2 Å². The van der Waals surface area contributed by atoms with Gasteiger partial charge in [0.15, 0.2) is 0 Å². The summed E-state index contributed by atoms with van der Waals surface area (Å²) in [7, 11) is 0. The smallest absolute Gasteiger partial charge is 0.376 e. The first-order valence-electron chi connectivity index (χ1n) is 9.47. The molecule has 0 N–H and O–H groups in total. The third kappa shape index (κ3) is 11.0. The molecular weight excluding hydrogens is 460 g/mol. The van der Waals surface area contributed by atoms with Crippen molar-refractivity contribution < 1.29 is 35.8 Å². The summed E-state index contributed by atoms with van der Waals surface area (Å²) in [5.41, 5.74) is 1.21. The van der Waals surface area contributed by atoms with E-state index in [2.05, 4.69) is 42.5 Å². The second kappa shape index (κ2) is 16.6. The summed E-state index contributed by atoms with van der Waals surface area (Å²) in [5.74, 6) is 0. The van der Waals surface area contributed by atoms with Crippen molar-refractivity contribution >= 4 is 23.3 Å². The molecule has 0 saturated carbocycles. The molecule has 0 unspecified atom stereocenters. The van der Waals surface area contributed by atoms with Gasteiger partial charge in [0.1, 0.15) is 0 Å². The molecule has 2 nitrogen and oxygen atoms in total. The van der Waals surface area contributed by atoms with Crippen LogP contribution >= 0.6 is 0 Å². The van der Waals surface area contributed by atoms with Crippen molar-refractivity contribution in [3.8, 4) is 0 Å². The predicted molar refractivity (Wildman–Crippen MR) is 124 cm³/mol. The summed E-state index contributed by atoms with van der Waals surface area (Å²) in [6.07, 6.45) is 3.55. The zero-order valence-corrected chi connectivity index (χ0v) is 19.5. The molecule has 0 spiro atoms. The Labute approximate surface area is 203 Å². The first kappa shape index (κ1) is 25.9. The van der Waals surface area contributed by atoms with Gasteiger partial charge in [-0.3, -0.25) is 0 Å². The molecular formula is C28H22O2Zr. The van der Waals surface area contributed by atoms with Crippen LogP contribution in [0.4, 0.5) is 0 Å². The van der Waals surface area contributed by atoms with Crippen LogP contribution in [0.5, 0.6) is 0 Å². The quantitative estimate of drug-likeness (QED) is 0.279. The molecule has 0 radical (unpaired) electrons. The van der Waals surface area contributed by atoms with Crippen molar-refractivity contribution in [3.05, 3.63) is 145 Å². The van der Waals surface area contributed by atoms with Gasteiger partial charge in [0.25, 0.3) is 0 Å². The number of hydrogen-bond acceptors (Lipinski definition) is 2. The van der Waals surface area contributed by atoms with Crippen LogP contribution in [-0.4, -0.2) is 12.6 Å². The normalized spacial score (nSPS) is 8.65.